The van der Waals surface area contributed by atoms with Gasteiger partial charge in [-0.1, -0.05) is 60.7 Å². The Hall–Kier alpha value is -3.01. The largest absolute Gasteiger partial charge is 0.294 e. The van der Waals surface area contributed by atoms with E-state index in [2.05, 4.69) is 5.10 Å². The van der Waals surface area contributed by atoms with Gasteiger partial charge in [-0.25, -0.2) is 0 Å². The van der Waals surface area contributed by atoms with E-state index in [9.17, 15) is 9.59 Å². The number of Topliss-reactive ketones (excluding diaryl/α,β-unsaturated/α-hetero) is 2. The lowest BCUT2D eigenvalue weighted by Gasteiger charge is -2.09. The van der Waals surface area contributed by atoms with Crippen LogP contribution in [0.25, 0.3) is 0 Å². The Morgan fingerprint density at radius 1 is 0.920 bits per heavy atom. The number of hydrogen-bond acceptors (Lipinski definition) is 3. The molecule has 0 saturated heterocycles. The lowest BCUT2D eigenvalue weighted by atomic mass is 10.0. The zero-order valence-electron chi connectivity index (χ0n) is 14.4. The Kier molecular flexibility index (Phi) is 4.89. The van der Waals surface area contributed by atoms with Gasteiger partial charge in [0, 0.05) is 6.42 Å². The molecule has 25 heavy (non-hydrogen) atoms. The number of aromatic nitrogens is 2. The molecule has 126 valence electrons. The summed E-state index contributed by atoms with van der Waals surface area (Å²) in [5.74, 6) is -0.221. The van der Waals surface area contributed by atoms with E-state index < -0.39 is 0 Å². The van der Waals surface area contributed by atoms with Gasteiger partial charge in [0.1, 0.15) is 5.69 Å². The first kappa shape index (κ1) is 16.8. The number of ketones is 2. The van der Waals surface area contributed by atoms with E-state index in [4.69, 9.17) is 0 Å². The van der Waals surface area contributed by atoms with Gasteiger partial charge in [0.05, 0.1) is 17.8 Å². The summed E-state index contributed by atoms with van der Waals surface area (Å²) < 4.78 is 1.66. The molecule has 4 nitrogen and oxygen atoms in total. The molecule has 3 rings (SSSR count). The number of carbonyl (C=O) groups is 2. The molecular weight excluding hydrogens is 312 g/mol. The van der Waals surface area contributed by atoms with Gasteiger partial charge < -0.3 is 0 Å². The second kappa shape index (κ2) is 7.26. The molecule has 0 fully saturated rings. The molecule has 0 N–H and O–H groups in total. The average molecular weight is 332 g/mol. The van der Waals surface area contributed by atoms with E-state index in [1.165, 1.54) is 6.92 Å². The summed E-state index contributed by atoms with van der Waals surface area (Å²) in [6.07, 6.45) is 0.251. The molecule has 1 heterocycles. The van der Waals surface area contributed by atoms with Crippen LogP contribution in [0.5, 0.6) is 0 Å². The van der Waals surface area contributed by atoms with Crippen LogP contribution in [0.15, 0.2) is 60.7 Å². The first-order valence-corrected chi connectivity index (χ1v) is 8.25. The zero-order chi connectivity index (χ0) is 17.8. The van der Waals surface area contributed by atoms with Gasteiger partial charge in [0.15, 0.2) is 11.6 Å². The molecule has 0 aliphatic heterocycles. The van der Waals surface area contributed by atoms with Crippen molar-refractivity contribution in [3.05, 3.63) is 88.7 Å². The number of hydrogen-bond donors (Lipinski definition) is 0. The minimum Gasteiger partial charge on any atom is -0.294 e. The van der Waals surface area contributed by atoms with Crippen LogP contribution in [0.4, 0.5) is 0 Å². The van der Waals surface area contributed by atoms with Crippen molar-refractivity contribution in [1.82, 2.24) is 9.78 Å². The molecule has 0 radical (unpaired) electrons. The van der Waals surface area contributed by atoms with Crippen LogP contribution in [0.2, 0.25) is 0 Å². The van der Waals surface area contributed by atoms with E-state index in [0.29, 0.717) is 23.5 Å². The highest BCUT2D eigenvalue weighted by molar-refractivity contribution is 6.08. The van der Waals surface area contributed by atoms with Gasteiger partial charge in [0.25, 0.3) is 0 Å². The summed E-state index contributed by atoms with van der Waals surface area (Å²) in [5, 5.41) is 4.46. The molecular formula is C21H20N2O2. The highest BCUT2D eigenvalue weighted by atomic mass is 16.1. The predicted molar refractivity (Wildman–Crippen MR) is 97.0 cm³/mol. The third-order valence-corrected chi connectivity index (χ3v) is 4.13. The van der Waals surface area contributed by atoms with Crippen LogP contribution < -0.4 is 0 Å². The maximum absolute atomic E-state index is 13.0. The monoisotopic (exact) mass is 332 g/mol. The zero-order valence-corrected chi connectivity index (χ0v) is 14.4. The van der Waals surface area contributed by atoms with Crippen molar-refractivity contribution < 1.29 is 9.59 Å². The molecule has 0 unspecified atom stereocenters. The normalized spacial score (nSPS) is 10.6. The smallest absolute Gasteiger partial charge is 0.185 e. The maximum atomic E-state index is 13.0. The standard InChI is InChI=1S/C21H20N2O2/c1-15-20(16(2)24)21(19(25)13-17-9-5-3-6-10-17)23(22-15)14-18-11-7-4-8-12-18/h3-12H,13-14H2,1-2H3. The van der Waals surface area contributed by atoms with Crippen LogP contribution in [0, 0.1) is 6.92 Å². The Bertz CT molecular complexity index is 896. The summed E-state index contributed by atoms with van der Waals surface area (Å²) in [4.78, 5) is 25.1. The van der Waals surface area contributed by atoms with E-state index in [1.54, 1.807) is 11.6 Å². The Morgan fingerprint density at radius 3 is 2.04 bits per heavy atom. The molecule has 0 amide bonds. The molecule has 0 bridgehead atoms. The summed E-state index contributed by atoms with van der Waals surface area (Å²) in [7, 11) is 0. The van der Waals surface area contributed by atoms with Crippen molar-refractivity contribution in [2.75, 3.05) is 0 Å². The third-order valence-electron chi connectivity index (χ3n) is 4.13. The highest BCUT2D eigenvalue weighted by Crippen LogP contribution is 2.19. The van der Waals surface area contributed by atoms with Gasteiger partial charge in [-0.05, 0) is 25.0 Å². The summed E-state index contributed by atoms with van der Waals surface area (Å²) >= 11 is 0. The van der Waals surface area contributed by atoms with Crippen LogP contribution in [0.1, 0.15) is 44.6 Å². The van der Waals surface area contributed by atoms with Gasteiger partial charge in [-0.3, -0.25) is 14.3 Å². The topological polar surface area (TPSA) is 52.0 Å². The van der Waals surface area contributed by atoms with Gasteiger partial charge in [-0.15, -0.1) is 0 Å². The molecule has 4 heteroatoms. The number of rotatable bonds is 6. The van der Waals surface area contributed by atoms with Crippen molar-refractivity contribution in [2.45, 2.75) is 26.8 Å². The first-order valence-electron chi connectivity index (χ1n) is 8.25. The molecule has 0 atom stereocenters. The maximum Gasteiger partial charge on any atom is 0.185 e. The number of benzene rings is 2. The van der Waals surface area contributed by atoms with Crippen molar-refractivity contribution in [3.8, 4) is 0 Å². The van der Waals surface area contributed by atoms with Crippen LogP contribution >= 0.6 is 0 Å². The number of aryl methyl sites for hydroxylation is 1. The minimum absolute atomic E-state index is 0.0899. The van der Waals surface area contributed by atoms with E-state index in [1.807, 2.05) is 60.7 Å². The van der Waals surface area contributed by atoms with E-state index in [-0.39, 0.29) is 18.0 Å². The molecule has 3 aromatic rings. The SMILES string of the molecule is CC(=O)c1c(C)nn(Cc2ccccc2)c1C(=O)Cc1ccccc1. The van der Waals surface area contributed by atoms with Gasteiger partial charge >= 0.3 is 0 Å². The summed E-state index contributed by atoms with van der Waals surface area (Å²) in [6, 6.07) is 19.4. The highest BCUT2D eigenvalue weighted by Gasteiger charge is 2.24. The second-order valence-corrected chi connectivity index (χ2v) is 6.09. The molecule has 0 saturated carbocycles. The first-order chi connectivity index (χ1) is 12.1. The second-order valence-electron chi connectivity index (χ2n) is 6.09. The minimum atomic E-state index is -0.131. The fraction of sp³-hybridized carbons (Fsp3) is 0.190. The van der Waals surface area contributed by atoms with Crippen molar-refractivity contribution >= 4 is 11.6 Å². The van der Waals surface area contributed by atoms with Crippen LogP contribution in [-0.2, 0) is 13.0 Å². The fourth-order valence-corrected chi connectivity index (χ4v) is 3.02. The number of nitrogens with zero attached hydrogens (tertiary/aromatic N) is 2. The average Bonchev–Trinajstić information content (AvgIpc) is 2.93. The molecule has 0 aliphatic rings. The fourth-order valence-electron chi connectivity index (χ4n) is 3.02. The number of carbonyl (C=O) groups excluding carboxylic acids is 2. The lowest BCUT2D eigenvalue weighted by Crippen LogP contribution is -2.16. The molecule has 0 spiro atoms. The molecule has 1 aromatic heterocycles. The Labute approximate surface area is 147 Å². The molecule has 2 aromatic carbocycles. The van der Waals surface area contributed by atoms with Crippen LogP contribution in [-0.4, -0.2) is 21.3 Å². The van der Waals surface area contributed by atoms with Crippen molar-refractivity contribution in [3.63, 3.8) is 0 Å². The van der Waals surface area contributed by atoms with Crippen LogP contribution in [0.3, 0.4) is 0 Å². The van der Waals surface area contributed by atoms with Gasteiger partial charge in [0.2, 0.25) is 0 Å². The molecule has 0 aliphatic carbocycles. The third kappa shape index (κ3) is 3.74. The van der Waals surface area contributed by atoms with E-state index >= 15 is 0 Å². The lowest BCUT2D eigenvalue weighted by molar-refractivity contribution is 0.0961. The summed E-state index contributed by atoms with van der Waals surface area (Å²) in [6.45, 7) is 3.72. The quantitative estimate of drug-likeness (QED) is 0.644. The van der Waals surface area contributed by atoms with Crippen molar-refractivity contribution in [2.24, 2.45) is 0 Å². The van der Waals surface area contributed by atoms with Crippen molar-refractivity contribution in [1.29, 1.82) is 0 Å². The predicted octanol–water partition coefficient (Wildman–Crippen LogP) is 3.87. The van der Waals surface area contributed by atoms with E-state index in [0.717, 1.165) is 11.1 Å². The Morgan fingerprint density at radius 2 is 1.48 bits per heavy atom. The Balaban J connectivity index is 2.00. The van der Waals surface area contributed by atoms with Gasteiger partial charge in [-0.2, -0.15) is 5.10 Å². The summed E-state index contributed by atoms with van der Waals surface area (Å²) in [5.41, 5.74) is 3.38.